The van der Waals surface area contributed by atoms with Crippen LogP contribution in [0.2, 0.25) is 0 Å². The lowest BCUT2D eigenvalue weighted by Crippen LogP contribution is -2.35. The number of H-pyrrole nitrogens is 1. The predicted molar refractivity (Wildman–Crippen MR) is 102 cm³/mol. The first-order valence-electron chi connectivity index (χ1n) is 8.92. The van der Waals surface area contributed by atoms with E-state index in [0.29, 0.717) is 12.4 Å². The maximum atomic E-state index is 12.5. The zero-order valence-corrected chi connectivity index (χ0v) is 15.1. The number of aryl methyl sites for hydroxylation is 2. The summed E-state index contributed by atoms with van der Waals surface area (Å²) in [5.41, 5.74) is 5.88. The van der Waals surface area contributed by atoms with Crippen molar-refractivity contribution in [3.05, 3.63) is 81.0 Å². The van der Waals surface area contributed by atoms with Gasteiger partial charge >= 0.3 is 0 Å². The van der Waals surface area contributed by atoms with Gasteiger partial charge < -0.3 is 4.98 Å². The third-order valence-corrected chi connectivity index (χ3v) is 4.81. The second-order valence-electron chi connectivity index (χ2n) is 6.94. The van der Waals surface area contributed by atoms with Crippen molar-refractivity contribution in [2.45, 2.75) is 33.4 Å². The van der Waals surface area contributed by atoms with Gasteiger partial charge in [-0.15, -0.1) is 0 Å². The fraction of sp³-hybridized carbons (Fsp3) is 0.286. The minimum absolute atomic E-state index is 0.0149. The smallest absolute Gasteiger partial charge is 0.254 e. The molecule has 1 N–H and O–H groups in total. The van der Waals surface area contributed by atoms with E-state index >= 15 is 0 Å². The number of benzene rings is 1. The van der Waals surface area contributed by atoms with Crippen LogP contribution in [0.15, 0.2) is 47.3 Å². The summed E-state index contributed by atoms with van der Waals surface area (Å²) in [6.07, 6.45) is 0.720. The number of aromatic nitrogens is 3. The molecule has 0 saturated heterocycles. The van der Waals surface area contributed by atoms with Gasteiger partial charge in [0.05, 0.1) is 11.4 Å². The Hall–Kier alpha value is -2.79. The van der Waals surface area contributed by atoms with Gasteiger partial charge in [-0.3, -0.25) is 14.7 Å². The van der Waals surface area contributed by atoms with Gasteiger partial charge in [0.2, 0.25) is 0 Å². The van der Waals surface area contributed by atoms with E-state index in [4.69, 9.17) is 4.98 Å². The Morgan fingerprint density at radius 2 is 1.88 bits per heavy atom. The van der Waals surface area contributed by atoms with Gasteiger partial charge in [0, 0.05) is 36.5 Å². The fourth-order valence-corrected chi connectivity index (χ4v) is 3.39. The highest BCUT2D eigenvalue weighted by Crippen LogP contribution is 2.20. The zero-order valence-electron chi connectivity index (χ0n) is 15.1. The quantitative estimate of drug-likeness (QED) is 0.792. The summed E-state index contributed by atoms with van der Waals surface area (Å²) in [7, 11) is 0. The molecule has 0 spiro atoms. The molecule has 0 unspecified atom stereocenters. The first-order valence-corrected chi connectivity index (χ1v) is 8.92. The molecule has 3 heterocycles. The summed E-state index contributed by atoms with van der Waals surface area (Å²) < 4.78 is 0. The van der Waals surface area contributed by atoms with E-state index in [1.165, 1.54) is 5.56 Å². The van der Waals surface area contributed by atoms with E-state index in [1.54, 1.807) is 0 Å². The summed E-state index contributed by atoms with van der Waals surface area (Å²) in [5, 5.41) is 0. The van der Waals surface area contributed by atoms with Crippen molar-refractivity contribution in [1.82, 2.24) is 19.9 Å². The Balaban J connectivity index is 1.61. The van der Waals surface area contributed by atoms with Gasteiger partial charge in [-0.25, -0.2) is 4.98 Å². The van der Waals surface area contributed by atoms with E-state index in [9.17, 15) is 4.79 Å². The average molecular weight is 346 g/mol. The second-order valence-corrected chi connectivity index (χ2v) is 6.94. The highest BCUT2D eigenvalue weighted by atomic mass is 16.1. The van der Waals surface area contributed by atoms with Crippen LogP contribution in [0.5, 0.6) is 0 Å². The summed E-state index contributed by atoms with van der Waals surface area (Å²) in [6.45, 7) is 6.34. The molecule has 1 aliphatic heterocycles. The molecule has 0 radical (unpaired) electrons. The first-order chi connectivity index (χ1) is 12.6. The Bertz CT molecular complexity index is 992. The molecule has 5 nitrogen and oxygen atoms in total. The molecule has 1 aromatic carbocycles. The molecule has 0 saturated carbocycles. The summed E-state index contributed by atoms with van der Waals surface area (Å²) in [5.74, 6) is 0.643. The standard InChI is InChI=1S/C21H22N4O/c1-14-6-8-16(9-7-14)20-23-19-13-25(11-10-18(19)21(26)24-20)12-17-5-3-4-15(2)22-17/h3-9H,10-13H2,1-2H3,(H,23,24,26). The SMILES string of the molecule is Cc1ccc(-c2nc3c(c(=O)[nH]2)CCN(Cc2cccc(C)n2)C3)cc1. The molecule has 26 heavy (non-hydrogen) atoms. The lowest BCUT2D eigenvalue weighted by molar-refractivity contribution is 0.237. The fourth-order valence-electron chi connectivity index (χ4n) is 3.39. The minimum atomic E-state index is -0.0149. The van der Waals surface area contributed by atoms with Gasteiger partial charge in [-0.05, 0) is 32.4 Å². The molecule has 132 valence electrons. The van der Waals surface area contributed by atoms with Crippen molar-refractivity contribution < 1.29 is 0 Å². The molecule has 2 aromatic heterocycles. The maximum absolute atomic E-state index is 12.5. The van der Waals surface area contributed by atoms with E-state index < -0.39 is 0 Å². The van der Waals surface area contributed by atoms with E-state index in [2.05, 4.69) is 14.9 Å². The minimum Gasteiger partial charge on any atom is -0.306 e. The van der Waals surface area contributed by atoms with Gasteiger partial charge in [0.25, 0.3) is 5.56 Å². The molecular weight excluding hydrogens is 324 g/mol. The molecule has 3 aromatic rings. The van der Waals surface area contributed by atoms with Crippen molar-refractivity contribution in [2.24, 2.45) is 0 Å². The van der Waals surface area contributed by atoms with E-state index in [1.807, 2.05) is 56.3 Å². The van der Waals surface area contributed by atoms with E-state index in [0.717, 1.165) is 47.7 Å². The second kappa shape index (κ2) is 6.84. The highest BCUT2D eigenvalue weighted by Gasteiger charge is 2.21. The average Bonchev–Trinajstić information content (AvgIpc) is 2.62. The van der Waals surface area contributed by atoms with Gasteiger partial charge in [0.1, 0.15) is 5.82 Å². The lowest BCUT2D eigenvalue weighted by atomic mass is 10.1. The van der Waals surface area contributed by atoms with Crippen molar-refractivity contribution in [3.8, 4) is 11.4 Å². The zero-order chi connectivity index (χ0) is 18.1. The van der Waals surface area contributed by atoms with Crippen molar-refractivity contribution in [1.29, 1.82) is 0 Å². The molecule has 1 aliphatic rings. The molecule has 0 aliphatic carbocycles. The van der Waals surface area contributed by atoms with Crippen LogP contribution in [0.4, 0.5) is 0 Å². The molecule has 4 rings (SSSR count). The van der Waals surface area contributed by atoms with Crippen LogP contribution < -0.4 is 5.56 Å². The molecule has 0 atom stereocenters. The Kier molecular flexibility index (Phi) is 4.39. The normalized spacial score (nSPS) is 14.2. The maximum Gasteiger partial charge on any atom is 0.254 e. The molecule has 0 fully saturated rings. The monoisotopic (exact) mass is 346 g/mol. The third kappa shape index (κ3) is 3.44. The third-order valence-electron chi connectivity index (χ3n) is 4.81. The lowest BCUT2D eigenvalue weighted by Gasteiger charge is -2.27. The van der Waals surface area contributed by atoms with Crippen LogP contribution in [0.3, 0.4) is 0 Å². The Labute approximate surface area is 152 Å². The number of hydrogen-bond donors (Lipinski definition) is 1. The van der Waals surface area contributed by atoms with Crippen LogP contribution >= 0.6 is 0 Å². The van der Waals surface area contributed by atoms with Crippen LogP contribution in [-0.2, 0) is 19.5 Å². The number of nitrogens with zero attached hydrogens (tertiary/aromatic N) is 3. The summed E-state index contributed by atoms with van der Waals surface area (Å²) in [4.78, 5) is 27.1. The Morgan fingerprint density at radius 1 is 1.08 bits per heavy atom. The van der Waals surface area contributed by atoms with Crippen LogP contribution in [0, 0.1) is 13.8 Å². The number of pyridine rings is 1. The number of aromatic amines is 1. The van der Waals surface area contributed by atoms with Gasteiger partial charge in [0.15, 0.2) is 0 Å². The topological polar surface area (TPSA) is 61.9 Å². The van der Waals surface area contributed by atoms with E-state index in [-0.39, 0.29) is 5.56 Å². The molecule has 5 heteroatoms. The number of hydrogen-bond acceptors (Lipinski definition) is 4. The van der Waals surface area contributed by atoms with Crippen molar-refractivity contribution in [2.75, 3.05) is 6.54 Å². The predicted octanol–water partition coefficient (Wildman–Crippen LogP) is 3.01. The van der Waals surface area contributed by atoms with Crippen LogP contribution in [0.25, 0.3) is 11.4 Å². The van der Waals surface area contributed by atoms with Crippen LogP contribution in [0.1, 0.15) is 28.2 Å². The van der Waals surface area contributed by atoms with Crippen molar-refractivity contribution in [3.63, 3.8) is 0 Å². The Morgan fingerprint density at radius 3 is 2.65 bits per heavy atom. The highest BCUT2D eigenvalue weighted by molar-refractivity contribution is 5.55. The van der Waals surface area contributed by atoms with Crippen LogP contribution in [-0.4, -0.2) is 26.4 Å². The van der Waals surface area contributed by atoms with Gasteiger partial charge in [-0.2, -0.15) is 0 Å². The number of nitrogens with one attached hydrogen (secondary N) is 1. The van der Waals surface area contributed by atoms with Gasteiger partial charge in [-0.1, -0.05) is 35.9 Å². The largest absolute Gasteiger partial charge is 0.306 e. The van der Waals surface area contributed by atoms with Crippen molar-refractivity contribution >= 4 is 0 Å². The first kappa shape index (κ1) is 16.7. The number of rotatable bonds is 3. The number of fused-ring (bicyclic) bond motifs is 1. The summed E-state index contributed by atoms with van der Waals surface area (Å²) >= 11 is 0. The molecular formula is C21H22N4O. The molecule has 0 amide bonds. The summed E-state index contributed by atoms with van der Waals surface area (Å²) in [6, 6.07) is 14.1. The molecule has 0 bridgehead atoms.